The Morgan fingerprint density at radius 1 is 1.30 bits per heavy atom. The summed E-state index contributed by atoms with van der Waals surface area (Å²) in [6.07, 6.45) is -0.597. The topological polar surface area (TPSA) is 125 Å². The summed E-state index contributed by atoms with van der Waals surface area (Å²) < 4.78 is 5.90. The molecular formula is C18H19N3O6. The summed E-state index contributed by atoms with van der Waals surface area (Å²) in [4.78, 5) is 51.3. The predicted octanol–water partition coefficient (Wildman–Crippen LogP) is 0.389. The van der Waals surface area contributed by atoms with Crippen LogP contribution in [-0.2, 0) is 9.53 Å². The van der Waals surface area contributed by atoms with E-state index in [-0.39, 0.29) is 23.8 Å². The third kappa shape index (κ3) is 2.34. The lowest BCUT2D eigenvalue weighted by Crippen LogP contribution is -2.75. The van der Waals surface area contributed by atoms with Crippen LogP contribution in [0.1, 0.15) is 34.6 Å². The Kier molecular flexibility index (Phi) is 3.74. The summed E-state index contributed by atoms with van der Waals surface area (Å²) in [6, 6.07) is 3.06. The number of carboxylic acid groups (broad SMARTS) is 1. The fraction of sp³-hybridized carbons (Fsp3) is 0.444. The second-order valence-corrected chi connectivity index (χ2v) is 7.22. The maximum Gasteiger partial charge on any atom is 0.335 e. The van der Waals surface area contributed by atoms with E-state index in [4.69, 9.17) is 4.74 Å². The minimum absolute atomic E-state index is 0.0368. The van der Waals surface area contributed by atoms with E-state index in [0.29, 0.717) is 12.2 Å². The van der Waals surface area contributed by atoms with Crippen LogP contribution in [0.3, 0.4) is 0 Å². The van der Waals surface area contributed by atoms with Gasteiger partial charge in [-0.05, 0) is 32.0 Å². The highest BCUT2D eigenvalue weighted by Gasteiger charge is 2.62. The maximum atomic E-state index is 13.5. The Labute approximate surface area is 154 Å². The number of nitrogens with zero attached hydrogens (tertiary/aromatic N) is 1. The minimum Gasteiger partial charge on any atom is -0.478 e. The lowest BCUT2D eigenvalue weighted by Gasteiger charge is -2.55. The summed E-state index contributed by atoms with van der Waals surface area (Å²) in [7, 11) is 0. The standard InChI is InChI=1S/C18H19N3O6/c1-8-6-21-12-4-3-10(15(23)24)5-11(12)14(22)18(13(21)9(2)27-8)7-19-17(26)20-16(18)25/h3-5,8-9,13H,6-7H2,1-2H3,(H,23,24)(H2,19,20,25,26)/t8-,9+,13-,18?/m1/s1. The van der Waals surface area contributed by atoms with E-state index in [1.54, 1.807) is 13.0 Å². The normalized spacial score (nSPS) is 32.4. The lowest BCUT2D eigenvalue weighted by molar-refractivity contribution is -0.134. The molecule has 9 nitrogen and oxygen atoms in total. The molecule has 3 aliphatic rings. The second-order valence-electron chi connectivity index (χ2n) is 7.22. The zero-order chi connectivity index (χ0) is 19.5. The van der Waals surface area contributed by atoms with Crippen molar-refractivity contribution < 1.29 is 29.0 Å². The van der Waals surface area contributed by atoms with E-state index in [1.165, 1.54) is 12.1 Å². The average Bonchev–Trinajstić information content (AvgIpc) is 2.60. The first kappa shape index (κ1) is 17.5. The van der Waals surface area contributed by atoms with Gasteiger partial charge in [0.2, 0.25) is 5.91 Å². The number of morpholine rings is 1. The molecule has 0 saturated carbocycles. The highest BCUT2D eigenvalue weighted by Crippen LogP contribution is 2.46. The van der Waals surface area contributed by atoms with E-state index >= 15 is 0 Å². The van der Waals surface area contributed by atoms with Gasteiger partial charge >= 0.3 is 12.0 Å². The van der Waals surface area contributed by atoms with Gasteiger partial charge in [0, 0.05) is 24.3 Å². The number of carbonyl (C=O) groups is 4. The molecule has 1 aromatic carbocycles. The largest absolute Gasteiger partial charge is 0.478 e. The third-order valence-corrected chi connectivity index (χ3v) is 5.55. The first-order valence-corrected chi connectivity index (χ1v) is 8.69. The molecule has 142 valence electrons. The van der Waals surface area contributed by atoms with Crippen molar-refractivity contribution in [1.82, 2.24) is 10.6 Å². The number of ether oxygens (including phenoxy) is 1. The van der Waals surface area contributed by atoms with Gasteiger partial charge in [0.05, 0.1) is 23.8 Å². The average molecular weight is 373 g/mol. The number of benzene rings is 1. The molecule has 3 aliphatic heterocycles. The van der Waals surface area contributed by atoms with E-state index in [1.807, 2.05) is 11.8 Å². The summed E-state index contributed by atoms with van der Waals surface area (Å²) in [5.74, 6) is -2.36. The molecule has 2 saturated heterocycles. The van der Waals surface area contributed by atoms with Gasteiger partial charge in [-0.15, -0.1) is 0 Å². The zero-order valence-corrected chi connectivity index (χ0v) is 14.8. The molecular weight excluding hydrogens is 354 g/mol. The summed E-state index contributed by atoms with van der Waals surface area (Å²) in [5, 5.41) is 14.0. The number of ketones is 1. The number of urea groups is 1. The van der Waals surface area contributed by atoms with Gasteiger partial charge in [0.25, 0.3) is 0 Å². The molecule has 3 heterocycles. The number of fused-ring (bicyclic) bond motifs is 4. The van der Waals surface area contributed by atoms with Crippen molar-refractivity contribution >= 4 is 29.4 Å². The highest BCUT2D eigenvalue weighted by molar-refractivity contribution is 6.22. The Morgan fingerprint density at radius 3 is 2.70 bits per heavy atom. The smallest absolute Gasteiger partial charge is 0.335 e. The van der Waals surface area contributed by atoms with Gasteiger partial charge in [-0.2, -0.15) is 0 Å². The fourth-order valence-electron chi connectivity index (χ4n) is 4.50. The highest BCUT2D eigenvalue weighted by atomic mass is 16.5. The number of amides is 3. The number of anilines is 1. The SMILES string of the molecule is C[C@@H]1CN2c3ccc(C(=O)O)cc3C(=O)C3(CNC(=O)NC3=O)[C@H]2[C@H](C)O1. The number of rotatable bonds is 1. The van der Waals surface area contributed by atoms with Crippen LogP contribution >= 0.6 is 0 Å². The van der Waals surface area contributed by atoms with Crippen molar-refractivity contribution in [3.63, 3.8) is 0 Å². The van der Waals surface area contributed by atoms with Gasteiger partial charge in [-0.3, -0.25) is 14.9 Å². The van der Waals surface area contributed by atoms with Gasteiger partial charge in [0.15, 0.2) is 11.2 Å². The van der Waals surface area contributed by atoms with Crippen LogP contribution in [0.25, 0.3) is 0 Å². The van der Waals surface area contributed by atoms with E-state index in [0.717, 1.165) is 0 Å². The number of hydrogen-bond donors (Lipinski definition) is 3. The van der Waals surface area contributed by atoms with Crippen LogP contribution < -0.4 is 15.5 Å². The van der Waals surface area contributed by atoms with E-state index in [2.05, 4.69) is 10.6 Å². The summed E-state index contributed by atoms with van der Waals surface area (Å²) in [5.41, 5.74) is -0.881. The summed E-state index contributed by atoms with van der Waals surface area (Å²) >= 11 is 0. The molecule has 2 fully saturated rings. The Morgan fingerprint density at radius 2 is 2.04 bits per heavy atom. The van der Waals surface area contributed by atoms with Crippen molar-refractivity contribution in [2.24, 2.45) is 5.41 Å². The van der Waals surface area contributed by atoms with Crippen molar-refractivity contribution in [3.05, 3.63) is 29.3 Å². The van der Waals surface area contributed by atoms with Crippen molar-refractivity contribution in [3.8, 4) is 0 Å². The molecule has 0 aliphatic carbocycles. The predicted molar refractivity (Wildman–Crippen MR) is 92.8 cm³/mol. The summed E-state index contributed by atoms with van der Waals surface area (Å²) in [6.45, 7) is 3.95. The van der Waals surface area contributed by atoms with Crippen LogP contribution in [0.5, 0.6) is 0 Å². The quantitative estimate of drug-likeness (QED) is 0.608. The Hall–Kier alpha value is -2.94. The minimum atomic E-state index is -1.59. The maximum absolute atomic E-state index is 13.5. The molecule has 1 aromatic rings. The molecule has 3 N–H and O–H groups in total. The Bertz CT molecular complexity index is 884. The molecule has 27 heavy (non-hydrogen) atoms. The first-order valence-electron chi connectivity index (χ1n) is 8.69. The van der Waals surface area contributed by atoms with Crippen molar-refractivity contribution in [2.45, 2.75) is 32.1 Å². The zero-order valence-electron chi connectivity index (χ0n) is 14.8. The molecule has 3 amide bonds. The number of hydrogen-bond acceptors (Lipinski definition) is 6. The van der Waals surface area contributed by atoms with Gasteiger partial charge in [-0.1, -0.05) is 0 Å². The number of carbonyl (C=O) groups excluding carboxylic acids is 3. The van der Waals surface area contributed by atoms with Gasteiger partial charge in [0.1, 0.15) is 0 Å². The molecule has 0 aromatic heterocycles. The van der Waals surface area contributed by atoms with E-state index in [9.17, 15) is 24.3 Å². The third-order valence-electron chi connectivity index (χ3n) is 5.55. The molecule has 9 heteroatoms. The number of imide groups is 1. The van der Waals surface area contributed by atoms with Crippen molar-refractivity contribution in [2.75, 3.05) is 18.0 Å². The molecule has 4 rings (SSSR count). The fourth-order valence-corrected chi connectivity index (χ4v) is 4.50. The Balaban J connectivity index is 1.94. The first-order chi connectivity index (χ1) is 12.8. The van der Waals surface area contributed by atoms with Crippen LogP contribution in [0.4, 0.5) is 10.5 Å². The number of aromatic carboxylic acids is 1. The van der Waals surface area contributed by atoms with Gasteiger partial charge in [-0.25, -0.2) is 9.59 Å². The molecule has 1 spiro atoms. The van der Waals surface area contributed by atoms with Gasteiger partial charge < -0.3 is 20.1 Å². The molecule has 0 bridgehead atoms. The molecule has 1 unspecified atom stereocenters. The van der Waals surface area contributed by atoms with Crippen LogP contribution in [-0.4, -0.2) is 60.1 Å². The lowest BCUT2D eigenvalue weighted by atomic mass is 9.66. The van der Waals surface area contributed by atoms with Crippen LogP contribution in [0.2, 0.25) is 0 Å². The monoisotopic (exact) mass is 373 g/mol. The second kappa shape index (κ2) is 5.78. The number of nitrogens with one attached hydrogen (secondary N) is 2. The molecule has 0 radical (unpaired) electrons. The number of Topliss-reactive ketones (excluding diaryl/α,β-unsaturated/α-hetero) is 1. The van der Waals surface area contributed by atoms with Crippen molar-refractivity contribution in [1.29, 1.82) is 0 Å². The molecule has 4 atom stereocenters. The number of carboxylic acids is 1. The van der Waals surface area contributed by atoms with Crippen LogP contribution in [0.15, 0.2) is 18.2 Å². The van der Waals surface area contributed by atoms with Crippen LogP contribution in [0, 0.1) is 5.41 Å². The van der Waals surface area contributed by atoms with E-state index < -0.39 is 41.3 Å².